The first-order valence-electron chi connectivity index (χ1n) is 6.66. The molecule has 2 aliphatic rings. The predicted octanol–water partition coefficient (Wildman–Crippen LogP) is -1.18. The summed E-state index contributed by atoms with van der Waals surface area (Å²) < 4.78 is 0. The summed E-state index contributed by atoms with van der Waals surface area (Å²) in [6, 6.07) is -1.37. The van der Waals surface area contributed by atoms with E-state index in [0.29, 0.717) is 25.9 Å². The lowest BCUT2D eigenvalue weighted by atomic mass is 9.96. The van der Waals surface area contributed by atoms with Crippen LogP contribution in [0.15, 0.2) is 0 Å². The minimum Gasteiger partial charge on any atom is -0.480 e. The summed E-state index contributed by atoms with van der Waals surface area (Å²) >= 11 is 0. The summed E-state index contributed by atoms with van der Waals surface area (Å²) in [6.45, 7) is 0.794. The quantitative estimate of drug-likeness (QED) is 0.589. The van der Waals surface area contributed by atoms with Crippen LogP contribution in [0.1, 0.15) is 19.3 Å². The molecule has 112 valence electrons. The molecule has 0 aliphatic carbocycles. The Morgan fingerprint density at radius 1 is 1.15 bits per heavy atom. The van der Waals surface area contributed by atoms with Crippen molar-refractivity contribution in [2.24, 2.45) is 11.7 Å². The Morgan fingerprint density at radius 3 is 2.25 bits per heavy atom. The number of rotatable bonds is 2. The van der Waals surface area contributed by atoms with Crippen molar-refractivity contribution in [1.29, 1.82) is 0 Å². The molecule has 2 unspecified atom stereocenters. The second kappa shape index (κ2) is 5.66. The molecule has 0 aromatic rings. The van der Waals surface area contributed by atoms with Gasteiger partial charge in [-0.05, 0) is 12.8 Å². The normalized spacial score (nSPS) is 27.6. The highest BCUT2D eigenvalue weighted by molar-refractivity contribution is 5.84. The number of β-amino-alcohol motifs (C(OH)–C–C–N with tert-alkyl or cyclic N) is 1. The van der Waals surface area contributed by atoms with Gasteiger partial charge in [0.05, 0.1) is 6.10 Å². The molecule has 0 saturated carbocycles. The Morgan fingerprint density at radius 2 is 1.75 bits per heavy atom. The number of aliphatic carboxylic acids is 1. The standard InChI is InChI=1S/C12H19N3O5/c13-10(17)7-1-3-14(4-2-7)12(20)15-6-8(16)5-9(15)11(18)19/h7-9,16H,1-6H2,(H2,13,17)(H,18,19). The molecule has 0 radical (unpaired) electrons. The van der Waals surface area contributed by atoms with Crippen molar-refractivity contribution in [2.75, 3.05) is 19.6 Å². The number of hydrogen-bond acceptors (Lipinski definition) is 4. The van der Waals surface area contributed by atoms with Crippen molar-refractivity contribution in [1.82, 2.24) is 9.80 Å². The molecule has 0 bridgehead atoms. The Balaban J connectivity index is 1.98. The number of nitrogens with two attached hydrogens (primary N) is 1. The van der Waals surface area contributed by atoms with Gasteiger partial charge in [0.25, 0.3) is 0 Å². The van der Waals surface area contributed by atoms with Crippen LogP contribution in [0, 0.1) is 5.92 Å². The lowest BCUT2D eigenvalue weighted by Gasteiger charge is -2.34. The van der Waals surface area contributed by atoms with Crippen molar-refractivity contribution < 1.29 is 24.6 Å². The van der Waals surface area contributed by atoms with Crippen molar-refractivity contribution in [3.8, 4) is 0 Å². The van der Waals surface area contributed by atoms with Crippen LogP contribution in [0.2, 0.25) is 0 Å². The van der Waals surface area contributed by atoms with Crippen LogP contribution in [0.3, 0.4) is 0 Å². The zero-order valence-electron chi connectivity index (χ0n) is 11.1. The van der Waals surface area contributed by atoms with E-state index in [4.69, 9.17) is 10.8 Å². The summed E-state index contributed by atoms with van der Waals surface area (Å²) in [5.74, 6) is -1.70. The molecule has 2 heterocycles. The number of likely N-dealkylation sites (tertiary alicyclic amines) is 2. The molecule has 8 nitrogen and oxygen atoms in total. The fourth-order valence-electron chi connectivity index (χ4n) is 2.80. The van der Waals surface area contributed by atoms with Crippen LogP contribution in [0.5, 0.6) is 0 Å². The van der Waals surface area contributed by atoms with Crippen LogP contribution < -0.4 is 5.73 Å². The summed E-state index contributed by atoms with van der Waals surface area (Å²) in [6.07, 6.45) is 0.242. The number of carboxylic acids is 1. The van der Waals surface area contributed by atoms with Gasteiger partial charge < -0.3 is 25.7 Å². The highest BCUT2D eigenvalue weighted by Gasteiger charge is 2.41. The fraction of sp³-hybridized carbons (Fsp3) is 0.750. The van der Waals surface area contributed by atoms with Gasteiger partial charge >= 0.3 is 12.0 Å². The zero-order valence-corrected chi connectivity index (χ0v) is 11.1. The van der Waals surface area contributed by atoms with Crippen molar-refractivity contribution in [3.05, 3.63) is 0 Å². The van der Waals surface area contributed by atoms with E-state index in [1.165, 1.54) is 9.80 Å². The van der Waals surface area contributed by atoms with Crippen molar-refractivity contribution >= 4 is 17.9 Å². The maximum Gasteiger partial charge on any atom is 0.326 e. The summed E-state index contributed by atoms with van der Waals surface area (Å²) in [4.78, 5) is 37.2. The van der Waals surface area contributed by atoms with E-state index in [0.717, 1.165) is 0 Å². The van der Waals surface area contributed by atoms with E-state index in [1.807, 2.05) is 0 Å². The Hall–Kier alpha value is -1.83. The van der Waals surface area contributed by atoms with E-state index >= 15 is 0 Å². The number of carboxylic acid groups (broad SMARTS) is 1. The zero-order chi connectivity index (χ0) is 14.9. The monoisotopic (exact) mass is 285 g/mol. The number of amides is 3. The van der Waals surface area contributed by atoms with Gasteiger partial charge in [-0.2, -0.15) is 0 Å². The number of nitrogens with zero attached hydrogens (tertiary/aromatic N) is 2. The topological polar surface area (TPSA) is 124 Å². The van der Waals surface area contributed by atoms with Crippen molar-refractivity contribution in [2.45, 2.75) is 31.4 Å². The number of aliphatic hydroxyl groups is 1. The SMILES string of the molecule is NC(=O)C1CCN(C(=O)N2CC(O)CC2C(=O)O)CC1. The smallest absolute Gasteiger partial charge is 0.326 e. The minimum atomic E-state index is -1.11. The third kappa shape index (κ3) is 2.84. The largest absolute Gasteiger partial charge is 0.480 e. The van der Waals surface area contributed by atoms with Crippen LogP contribution in [-0.2, 0) is 9.59 Å². The van der Waals surface area contributed by atoms with Gasteiger partial charge in [-0.3, -0.25) is 4.79 Å². The van der Waals surface area contributed by atoms with E-state index in [9.17, 15) is 19.5 Å². The first-order chi connectivity index (χ1) is 9.40. The van der Waals surface area contributed by atoms with E-state index < -0.39 is 24.1 Å². The predicted molar refractivity (Wildman–Crippen MR) is 67.6 cm³/mol. The number of carbonyl (C=O) groups is 3. The Kier molecular flexibility index (Phi) is 4.12. The molecule has 2 atom stereocenters. The molecule has 20 heavy (non-hydrogen) atoms. The third-order valence-corrected chi connectivity index (χ3v) is 3.98. The lowest BCUT2D eigenvalue weighted by Crippen LogP contribution is -2.51. The Bertz CT molecular complexity index is 419. The Labute approximate surface area is 116 Å². The van der Waals surface area contributed by atoms with Crippen LogP contribution in [0.25, 0.3) is 0 Å². The van der Waals surface area contributed by atoms with Gasteiger partial charge in [0.2, 0.25) is 5.91 Å². The van der Waals surface area contributed by atoms with E-state index in [-0.39, 0.29) is 24.8 Å². The van der Waals surface area contributed by atoms with Crippen LogP contribution in [-0.4, -0.2) is 69.7 Å². The molecule has 8 heteroatoms. The number of hydrogen-bond donors (Lipinski definition) is 3. The minimum absolute atomic E-state index is 0.0333. The molecule has 0 aromatic heterocycles. The molecule has 0 aromatic carbocycles. The van der Waals surface area contributed by atoms with Crippen molar-refractivity contribution in [3.63, 3.8) is 0 Å². The van der Waals surface area contributed by atoms with Gasteiger partial charge in [-0.15, -0.1) is 0 Å². The molecule has 0 spiro atoms. The maximum absolute atomic E-state index is 12.3. The average molecular weight is 285 g/mol. The second-order valence-corrected chi connectivity index (χ2v) is 5.34. The first kappa shape index (κ1) is 14.6. The highest BCUT2D eigenvalue weighted by atomic mass is 16.4. The molecule has 2 saturated heterocycles. The number of carbonyl (C=O) groups excluding carboxylic acids is 2. The molecule has 2 aliphatic heterocycles. The second-order valence-electron chi connectivity index (χ2n) is 5.34. The molecule has 4 N–H and O–H groups in total. The molecular formula is C12H19N3O5. The first-order valence-corrected chi connectivity index (χ1v) is 6.66. The van der Waals surface area contributed by atoms with Gasteiger partial charge in [-0.1, -0.05) is 0 Å². The third-order valence-electron chi connectivity index (χ3n) is 3.98. The molecule has 2 rings (SSSR count). The number of piperidine rings is 1. The molecule has 2 fully saturated rings. The number of primary amides is 1. The van der Waals surface area contributed by atoms with Gasteiger partial charge in [-0.25, -0.2) is 9.59 Å². The summed E-state index contributed by atoms with van der Waals surface area (Å²) in [5, 5.41) is 18.6. The number of aliphatic hydroxyl groups excluding tert-OH is 1. The van der Waals surface area contributed by atoms with Gasteiger partial charge in [0, 0.05) is 32.0 Å². The van der Waals surface area contributed by atoms with E-state index in [2.05, 4.69) is 0 Å². The van der Waals surface area contributed by atoms with Crippen LogP contribution >= 0.6 is 0 Å². The molecule has 3 amide bonds. The van der Waals surface area contributed by atoms with Gasteiger partial charge in [0.15, 0.2) is 0 Å². The lowest BCUT2D eigenvalue weighted by molar-refractivity contribution is -0.141. The summed E-state index contributed by atoms with van der Waals surface area (Å²) in [7, 11) is 0. The molecular weight excluding hydrogens is 266 g/mol. The van der Waals surface area contributed by atoms with E-state index in [1.54, 1.807) is 0 Å². The number of urea groups is 1. The average Bonchev–Trinajstić information content (AvgIpc) is 2.80. The highest BCUT2D eigenvalue weighted by Crippen LogP contribution is 2.23. The maximum atomic E-state index is 12.3. The van der Waals surface area contributed by atoms with Gasteiger partial charge in [0.1, 0.15) is 6.04 Å². The summed E-state index contributed by atoms with van der Waals surface area (Å²) in [5.41, 5.74) is 5.23. The fourth-order valence-corrected chi connectivity index (χ4v) is 2.80. The van der Waals surface area contributed by atoms with Crippen LogP contribution in [0.4, 0.5) is 4.79 Å².